The number of carbonyl (C=O) groups is 2. The van der Waals surface area contributed by atoms with Gasteiger partial charge in [0.1, 0.15) is 0 Å². The maximum Gasteiger partial charge on any atom is 0.251 e. The van der Waals surface area contributed by atoms with Crippen molar-refractivity contribution in [1.29, 1.82) is 0 Å². The molecular formula is C15H22N4O2S. The van der Waals surface area contributed by atoms with Gasteiger partial charge in [0.25, 0.3) is 5.91 Å². The smallest absolute Gasteiger partial charge is 0.251 e. The van der Waals surface area contributed by atoms with E-state index < -0.39 is 0 Å². The van der Waals surface area contributed by atoms with Gasteiger partial charge in [-0.15, -0.1) is 0 Å². The summed E-state index contributed by atoms with van der Waals surface area (Å²) in [5.74, 6) is 1.02. The summed E-state index contributed by atoms with van der Waals surface area (Å²) in [6.45, 7) is 3.28. The third kappa shape index (κ3) is 7.24. The Bertz CT molecular complexity index is 520. The second kappa shape index (κ2) is 10.8. The first-order valence-electron chi connectivity index (χ1n) is 7.10. The highest BCUT2D eigenvalue weighted by Crippen LogP contribution is 2.03. The molecule has 3 N–H and O–H groups in total. The Morgan fingerprint density at radius 2 is 2.14 bits per heavy atom. The van der Waals surface area contributed by atoms with Crippen LogP contribution in [0.1, 0.15) is 22.8 Å². The number of hydrogen-bond acceptors (Lipinski definition) is 5. The summed E-state index contributed by atoms with van der Waals surface area (Å²) >= 11 is 1.53. The van der Waals surface area contributed by atoms with Crippen molar-refractivity contribution in [3.05, 3.63) is 35.4 Å². The molecule has 0 atom stereocenters. The molecule has 7 heteroatoms. The lowest BCUT2D eigenvalue weighted by molar-refractivity contribution is -0.118. The van der Waals surface area contributed by atoms with Gasteiger partial charge >= 0.3 is 0 Å². The van der Waals surface area contributed by atoms with Crippen LogP contribution in [-0.2, 0) is 4.79 Å². The van der Waals surface area contributed by atoms with Crippen LogP contribution in [0.5, 0.6) is 0 Å². The van der Waals surface area contributed by atoms with Crippen molar-refractivity contribution >= 4 is 29.8 Å². The van der Waals surface area contributed by atoms with Gasteiger partial charge in [-0.1, -0.05) is 19.1 Å². The molecule has 1 aromatic rings. The van der Waals surface area contributed by atoms with Gasteiger partial charge in [-0.25, -0.2) is 5.43 Å². The van der Waals surface area contributed by atoms with Crippen molar-refractivity contribution in [2.75, 3.05) is 31.6 Å². The molecule has 0 saturated carbocycles. The van der Waals surface area contributed by atoms with Crippen LogP contribution >= 0.6 is 11.8 Å². The molecule has 0 radical (unpaired) electrons. The minimum Gasteiger partial charge on any atom is -0.351 e. The normalized spacial score (nSPS) is 10.6. The average molecular weight is 322 g/mol. The molecule has 0 saturated heterocycles. The predicted molar refractivity (Wildman–Crippen MR) is 91.4 cm³/mol. The van der Waals surface area contributed by atoms with Crippen molar-refractivity contribution in [1.82, 2.24) is 16.1 Å². The van der Waals surface area contributed by atoms with E-state index in [-0.39, 0.29) is 11.8 Å². The maximum absolute atomic E-state index is 11.9. The number of nitrogens with zero attached hydrogens (tertiary/aromatic N) is 1. The van der Waals surface area contributed by atoms with Crippen molar-refractivity contribution in [3.8, 4) is 0 Å². The van der Waals surface area contributed by atoms with Crippen LogP contribution in [0.3, 0.4) is 0 Å². The fourth-order valence-corrected chi connectivity index (χ4v) is 2.02. The number of amides is 2. The molecule has 1 rings (SSSR count). The van der Waals surface area contributed by atoms with Gasteiger partial charge < -0.3 is 10.6 Å². The van der Waals surface area contributed by atoms with Gasteiger partial charge in [0.2, 0.25) is 5.91 Å². The third-order valence-corrected chi connectivity index (χ3v) is 3.52. The molecule has 22 heavy (non-hydrogen) atoms. The van der Waals surface area contributed by atoms with E-state index in [1.807, 2.05) is 20.0 Å². The summed E-state index contributed by atoms with van der Waals surface area (Å²) in [6, 6.07) is 7.07. The summed E-state index contributed by atoms with van der Waals surface area (Å²) in [4.78, 5) is 23.3. The van der Waals surface area contributed by atoms with Crippen molar-refractivity contribution in [2.24, 2.45) is 5.10 Å². The summed E-state index contributed by atoms with van der Waals surface area (Å²) < 4.78 is 0. The molecular weight excluding hydrogens is 300 g/mol. The Morgan fingerprint density at radius 3 is 2.86 bits per heavy atom. The Kier molecular flexibility index (Phi) is 8.94. The lowest BCUT2D eigenvalue weighted by atomic mass is 10.1. The zero-order valence-corrected chi connectivity index (χ0v) is 13.7. The van der Waals surface area contributed by atoms with Crippen molar-refractivity contribution in [3.63, 3.8) is 0 Å². The maximum atomic E-state index is 11.9. The zero-order valence-electron chi connectivity index (χ0n) is 12.9. The molecule has 0 spiro atoms. The lowest BCUT2D eigenvalue weighted by Gasteiger charge is -2.05. The number of rotatable bonds is 9. The molecule has 0 heterocycles. The topological polar surface area (TPSA) is 82.6 Å². The fraction of sp³-hybridized carbons (Fsp3) is 0.400. The van der Waals surface area contributed by atoms with Gasteiger partial charge in [0, 0.05) is 18.7 Å². The number of likely N-dealkylation sites (N-methyl/N-ethyl adjacent to an activating group) is 1. The first-order chi connectivity index (χ1) is 10.7. The second-order valence-corrected chi connectivity index (χ2v) is 5.69. The SMILES string of the molecule is CCSCC(=O)N/N=C/c1cccc(C(=O)NCCNC)c1. The van der Waals surface area contributed by atoms with E-state index in [9.17, 15) is 9.59 Å². The summed E-state index contributed by atoms with van der Waals surface area (Å²) in [6.07, 6.45) is 1.53. The quantitative estimate of drug-likeness (QED) is 0.357. The largest absolute Gasteiger partial charge is 0.351 e. The molecule has 2 amide bonds. The van der Waals surface area contributed by atoms with Crippen LogP contribution in [0.15, 0.2) is 29.4 Å². The summed E-state index contributed by atoms with van der Waals surface area (Å²) in [7, 11) is 1.83. The van der Waals surface area contributed by atoms with E-state index >= 15 is 0 Å². The van der Waals surface area contributed by atoms with E-state index in [1.165, 1.54) is 18.0 Å². The number of nitrogens with one attached hydrogen (secondary N) is 3. The van der Waals surface area contributed by atoms with Crippen LogP contribution in [0.25, 0.3) is 0 Å². The Morgan fingerprint density at radius 1 is 1.32 bits per heavy atom. The Labute approximate surface area is 135 Å². The predicted octanol–water partition coefficient (Wildman–Crippen LogP) is 0.839. The molecule has 0 aliphatic rings. The Hall–Kier alpha value is -1.86. The van der Waals surface area contributed by atoms with Gasteiger partial charge in [-0.05, 0) is 30.5 Å². The number of hydrazone groups is 1. The molecule has 0 aliphatic carbocycles. The summed E-state index contributed by atoms with van der Waals surface area (Å²) in [5.41, 5.74) is 3.77. The number of thioether (sulfide) groups is 1. The van der Waals surface area contributed by atoms with Gasteiger partial charge in [-0.2, -0.15) is 16.9 Å². The lowest BCUT2D eigenvalue weighted by Crippen LogP contribution is -2.30. The highest BCUT2D eigenvalue weighted by molar-refractivity contribution is 7.99. The van der Waals surface area contributed by atoms with Gasteiger partial charge in [0.15, 0.2) is 0 Å². The third-order valence-electron chi connectivity index (χ3n) is 2.65. The van der Waals surface area contributed by atoms with Gasteiger partial charge in [0.05, 0.1) is 12.0 Å². The van der Waals surface area contributed by atoms with E-state index in [0.717, 1.165) is 11.3 Å². The van der Waals surface area contributed by atoms with Crippen LogP contribution in [-0.4, -0.2) is 49.7 Å². The molecule has 6 nitrogen and oxygen atoms in total. The first kappa shape index (κ1) is 18.2. The highest BCUT2D eigenvalue weighted by atomic mass is 32.2. The Balaban J connectivity index is 2.53. The molecule has 0 unspecified atom stereocenters. The molecule has 1 aromatic carbocycles. The minimum absolute atomic E-state index is 0.131. The van der Waals surface area contributed by atoms with Crippen LogP contribution < -0.4 is 16.1 Å². The molecule has 0 aromatic heterocycles. The van der Waals surface area contributed by atoms with Crippen LogP contribution in [0.2, 0.25) is 0 Å². The van der Waals surface area contributed by atoms with E-state index in [1.54, 1.807) is 18.2 Å². The fourth-order valence-electron chi connectivity index (χ4n) is 1.57. The van der Waals surface area contributed by atoms with Crippen molar-refractivity contribution < 1.29 is 9.59 Å². The number of carbonyl (C=O) groups excluding carboxylic acids is 2. The average Bonchev–Trinajstić information content (AvgIpc) is 2.53. The zero-order chi connectivity index (χ0) is 16.2. The number of hydrogen-bond donors (Lipinski definition) is 3. The molecule has 0 fully saturated rings. The summed E-state index contributed by atoms with van der Waals surface area (Å²) in [5, 5.41) is 9.66. The molecule has 120 valence electrons. The highest BCUT2D eigenvalue weighted by Gasteiger charge is 2.04. The standard InChI is InChI=1S/C15H22N4O2S/c1-3-22-11-14(20)19-18-10-12-5-4-6-13(9-12)15(21)17-8-7-16-2/h4-6,9-10,16H,3,7-8,11H2,1-2H3,(H,17,21)(H,19,20)/b18-10+. The van der Waals surface area contributed by atoms with E-state index in [4.69, 9.17) is 0 Å². The van der Waals surface area contributed by atoms with Crippen LogP contribution in [0.4, 0.5) is 0 Å². The first-order valence-corrected chi connectivity index (χ1v) is 8.25. The number of benzene rings is 1. The van der Waals surface area contributed by atoms with Gasteiger partial charge in [-0.3, -0.25) is 9.59 Å². The molecule has 0 bridgehead atoms. The van der Waals surface area contributed by atoms with Crippen molar-refractivity contribution in [2.45, 2.75) is 6.92 Å². The van der Waals surface area contributed by atoms with E-state index in [2.05, 4.69) is 21.2 Å². The molecule has 0 aliphatic heterocycles. The second-order valence-electron chi connectivity index (χ2n) is 4.42. The van der Waals surface area contributed by atoms with E-state index in [0.29, 0.717) is 24.4 Å². The minimum atomic E-state index is -0.135. The monoisotopic (exact) mass is 322 g/mol. The van der Waals surface area contributed by atoms with Crippen LogP contribution in [0, 0.1) is 0 Å².